The van der Waals surface area contributed by atoms with Crippen molar-refractivity contribution in [1.82, 2.24) is 4.72 Å². The Bertz CT molecular complexity index is 723. The minimum Gasteiger partial charge on any atom is -0.440 e. The molecule has 20 heavy (non-hydrogen) atoms. The molecule has 0 aliphatic rings. The highest BCUT2D eigenvalue weighted by Gasteiger charge is 2.22. The Morgan fingerprint density at radius 1 is 1.30 bits per heavy atom. The second-order valence-corrected chi connectivity index (χ2v) is 6.25. The smallest absolute Gasteiger partial charge is 0.274 e. The van der Waals surface area contributed by atoms with E-state index in [1.54, 1.807) is 31.2 Å². The summed E-state index contributed by atoms with van der Waals surface area (Å²) in [4.78, 5) is 10.5. The van der Waals surface area contributed by atoms with Crippen LogP contribution in [-0.2, 0) is 10.0 Å². The molecular formula is C13H12ClNO4S. The van der Waals surface area contributed by atoms with E-state index in [4.69, 9.17) is 16.0 Å². The molecule has 106 valence electrons. The van der Waals surface area contributed by atoms with Gasteiger partial charge >= 0.3 is 0 Å². The molecule has 0 bridgehead atoms. The van der Waals surface area contributed by atoms with Gasteiger partial charge in [0.05, 0.1) is 0 Å². The number of carbonyl (C=O) groups is 1. The van der Waals surface area contributed by atoms with Crippen molar-refractivity contribution >= 4 is 27.9 Å². The lowest BCUT2D eigenvalue weighted by Crippen LogP contribution is -2.26. The lowest BCUT2D eigenvalue weighted by Gasteiger charge is -2.13. The van der Waals surface area contributed by atoms with Crippen molar-refractivity contribution in [3.63, 3.8) is 0 Å². The van der Waals surface area contributed by atoms with Gasteiger partial charge in [-0.15, -0.1) is 0 Å². The van der Waals surface area contributed by atoms with Crippen molar-refractivity contribution in [3.05, 3.63) is 52.7 Å². The lowest BCUT2D eigenvalue weighted by atomic mass is 10.1. The second kappa shape index (κ2) is 5.78. The first-order valence-corrected chi connectivity index (χ1v) is 7.61. The quantitative estimate of drug-likeness (QED) is 0.861. The van der Waals surface area contributed by atoms with Crippen molar-refractivity contribution in [2.75, 3.05) is 0 Å². The molecule has 0 fully saturated rings. The highest BCUT2D eigenvalue weighted by molar-refractivity contribution is 7.89. The molecule has 0 aliphatic carbocycles. The predicted molar refractivity (Wildman–Crippen MR) is 74.3 cm³/mol. The van der Waals surface area contributed by atoms with Crippen molar-refractivity contribution in [1.29, 1.82) is 0 Å². The predicted octanol–water partition coefficient (Wildman–Crippen LogP) is 2.79. The maximum atomic E-state index is 12.1. The van der Waals surface area contributed by atoms with E-state index in [1.165, 1.54) is 12.1 Å². The Kier molecular flexibility index (Phi) is 4.27. The number of sulfonamides is 1. The van der Waals surface area contributed by atoms with Crippen LogP contribution in [0.25, 0.3) is 0 Å². The fourth-order valence-corrected chi connectivity index (χ4v) is 3.05. The monoisotopic (exact) mass is 313 g/mol. The van der Waals surface area contributed by atoms with E-state index in [1.807, 2.05) is 0 Å². The van der Waals surface area contributed by atoms with Gasteiger partial charge in [0, 0.05) is 11.1 Å². The zero-order valence-electron chi connectivity index (χ0n) is 10.5. The third-order valence-electron chi connectivity index (χ3n) is 2.66. The molecular weight excluding hydrogens is 302 g/mol. The summed E-state index contributed by atoms with van der Waals surface area (Å²) < 4.78 is 31.5. The van der Waals surface area contributed by atoms with Gasteiger partial charge in [-0.1, -0.05) is 23.7 Å². The number of carbonyl (C=O) groups excluding carboxylic acids is 1. The van der Waals surface area contributed by atoms with Crippen LogP contribution in [0.3, 0.4) is 0 Å². The van der Waals surface area contributed by atoms with Gasteiger partial charge in [-0.05, 0) is 36.8 Å². The molecule has 0 saturated heterocycles. The van der Waals surface area contributed by atoms with E-state index in [9.17, 15) is 13.2 Å². The summed E-state index contributed by atoms with van der Waals surface area (Å²) in [5, 5.41) is 0.225. The van der Waals surface area contributed by atoms with Crippen LogP contribution in [0.5, 0.6) is 0 Å². The second-order valence-electron chi connectivity index (χ2n) is 4.17. The SMILES string of the molecule is CC(NS(=O)(=O)c1ccc(C=O)o1)c1cccc(Cl)c1. The number of rotatable bonds is 5. The van der Waals surface area contributed by atoms with Crippen LogP contribution in [0.4, 0.5) is 0 Å². The summed E-state index contributed by atoms with van der Waals surface area (Å²) >= 11 is 5.86. The highest BCUT2D eigenvalue weighted by atomic mass is 35.5. The Labute approximate surface area is 121 Å². The van der Waals surface area contributed by atoms with Crippen molar-refractivity contribution in [3.8, 4) is 0 Å². The maximum absolute atomic E-state index is 12.1. The average molecular weight is 314 g/mol. The number of hydrogen-bond donors (Lipinski definition) is 1. The third kappa shape index (κ3) is 3.27. The van der Waals surface area contributed by atoms with E-state index < -0.39 is 16.1 Å². The summed E-state index contributed by atoms with van der Waals surface area (Å²) in [6, 6.07) is 8.92. The molecule has 1 aromatic carbocycles. The molecule has 1 atom stereocenters. The molecule has 0 aliphatic heterocycles. The largest absolute Gasteiger partial charge is 0.440 e. The molecule has 2 rings (SSSR count). The van der Waals surface area contributed by atoms with Gasteiger partial charge in [-0.2, -0.15) is 0 Å². The van der Waals surface area contributed by atoms with Crippen LogP contribution in [-0.4, -0.2) is 14.7 Å². The third-order valence-corrected chi connectivity index (χ3v) is 4.31. The molecule has 0 radical (unpaired) electrons. The van der Waals surface area contributed by atoms with E-state index >= 15 is 0 Å². The van der Waals surface area contributed by atoms with Gasteiger partial charge in [-0.3, -0.25) is 4.79 Å². The fourth-order valence-electron chi connectivity index (χ4n) is 1.68. The number of nitrogens with one attached hydrogen (secondary N) is 1. The van der Waals surface area contributed by atoms with Gasteiger partial charge < -0.3 is 4.42 Å². The van der Waals surface area contributed by atoms with Crippen LogP contribution in [0.2, 0.25) is 5.02 Å². The maximum Gasteiger partial charge on any atom is 0.274 e. The molecule has 0 amide bonds. The van der Waals surface area contributed by atoms with Crippen LogP contribution < -0.4 is 4.72 Å². The van der Waals surface area contributed by atoms with Gasteiger partial charge in [0.15, 0.2) is 12.0 Å². The molecule has 5 nitrogen and oxygen atoms in total. The topological polar surface area (TPSA) is 76.4 Å². The molecule has 1 N–H and O–H groups in total. The van der Waals surface area contributed by atoms with Crippen molar-refractivity contribution in [2.45, 2.75) is 18.1 Å². The van der Waals surface area contributed by atoms with E-state index in [-0.39, 0.29) is 10.9 Å². The summed E-state index contributed by atoms with van der Waals surface area (Å²) in [5.74, 6) is -0.0409. The summed E-state index contributed by atoms with van der Waals surface area (Å²) in [6.45, 7) is 1.69. The van der Waals surface area contributed by atoms with E-state index in [0.717, 1.165) is 5.56 Å². The number of furan rings is 1. The van der Waals surface area contributed by atoms with Crippen molar-refractivity contribution in [2.24, 2.45) is 0 Å². The van der Waals surface area contributed by atoms with Crippen LogP contribution >= 0.6 is 11.6 Å². The number of aldehydes is 1. The lowest BCUT2D eigenvalue weighted by molar-refractivity contribution is 0.109. The number of benzene rings is 1. The highest BCUT2D eigenvalue weighted by Crippen LogP contribution is 2.20. The van der Waals surface area contributed by atoms with Crippen LogP contribution in [0.1, 0.15) is 29.1 Å². The minimum atomic E-state index is -3.83. The van der Waals surface area contributed by atoms with Gasteiger partial charge in [0.1, 0.15) is 0 Å². The molecule has 1 heterocycles. The Hall–Kier alpha value is -1.63. The Balaban J connectivity index is 2.21. The molecule has 0 spiro atoms. The first-order valence-electron chi connectivity index (χ1n) is 5.75. The zero-order valence-corrected chi connectivity index (χ0v) is 12.1. The average Bonchev–Trinajstić information content (AvgIpc) is 2.87. The zero-order chi connectivity index (χ0) is 14.8. The number of hydrogen-bond acceptors (Lipinski definition) is 4. The summed E-state index contributed by atoms with van der Waals surface area (Å²) in [7, 11) is -3.83. The normalized spacial score (nSPS) is 13.1. The van der Waals surface area contributed by atoms with E-state index in [2.05, 4.69) is 4.72 Å². The number of halogens is 1. The molecule has 1 unspecified atom stereocenters. The molecule has 0 saturated carbocycles. The van der Waals surface area contributed by atoms with Crippen LogP contribution in [0, 0.1) is 0 Å². The van der Waals surface area contributed by atoms with Crippen LogP contribution in [0.15, 0.2) is 45.9 Å². The summed E-state index contributed by atoms with van der Waals surface area (Å²) in [6.07, 6.45) is 0.444. The first kappa shape index (κ1) is 14.8. The Morgan fingerprint density at radius 2 is 2.05 bits per heavy atom. The van der Waals surface area contributed by atoms with Crippen molar-refractivity contribution < 1.29 is 17.6 Å². The summed E-state index contributed by atoms with van der Waals surface area (Å²) in [5.41, 5.74) is 0.725. The first-order chi connectivity index (χ1) is 9.42. The van der Waals surface area contributed by atoms with Gasteiger partial charge in [0.25, 0.3) is 10.0 Å². The van der Waals surface area contributed by atoms with Gasteiger partial charge in [-0.25, -0.2) is 13.1 Å². The standard InChI is InChI=1S/C13H12ClNO4S/c1-9(10-3-2-4-11(14)7-10)15-20(17,18)13-6-5-12(8-16)19-13/h2-9,15H,1H3. The minimum absolute atomic E-state index is 0.0409. The fraction of sp³-hybridized carbons (Fsp3) is 0.154. The molecule has 2 aromatic rings. The van der Waals surface area contributed by atoms with E-state index in [0.29, 0.717) is 11.3 Å². The molecule has 7 heteroatoms. The van der Waals surface area contributed by atoms with Gasteiger partial charge in [0.2, 0.25) is 5.09 Å². The molecule has 1 aromatic heterocycles. The Morgan fingerprint density at radius 3 is 2.65 bits per heavy atom.